The van der Waals surface area contributed by atoms with E-state index < -0.39 is 29.9 Å². The molecule has 128 valence electrons. The van der Waals surface area contributed by atoms with Crippen LogP contribution >= 0.6 is 0 Å². The number of halogens is 3. The highest BCUT2D eigenvalue weighted by atomic mass is 19.4. The molecule has 4 nitrogen and oxygen atoms in total. The molecule has 0 N–H and O–H groups in total. The van der Waals surface area contributed by atoms with Gasteiger partial charge in [-0.2, -0.15) is 13.2 Å². The van der Waals surface area contributed by atoms with Gasteiger partial charge in [-0.05, 0) is 31.6 Å². The topological polar surface area (TPSA) is 46.6 Å². The lowest BCUT2D eigenvalue weighted by molar-refractivity contribution is -0.158. The van der Waals surface area contributed by atoms with Crippen LogP contribution in [0.5, 0.6) is 0 Å². The highest BCUT2D eigenvalue weighted by molar-refractivity contribution is 6.05. The average molecular weight is 323 g/mol. The molecule has 7 heteroatoms. The Morgan fingerprint density at radius 3 is 2.05 bits per heavy atom. The number of esters is 1. The van der Waals surface area contributed by atoms with Crippen LogP contribution in [0, 0.1) is 11.3 Å². The first kappa shape index (κ1) is 18.8. The van der Waals surface area contributed by atoms with Gasteiger partial charge in [0.05, 0.1) is 7.11 Å². The number of likely N-dealkylation sites (tertiary alicyclic amines) is 1. The van der Waals surface area contributed by atoms with Gasteiger partial charge in [0.1, 0.15) is 5.41 Å². The van der Waals surface area contributed by atoms with Crippen molar-refractivity contribution in [3.05, 3.63) is 0 Å². The molecule has 0 bridgehead atoms. The summed E-state index contributed by atoms with van der Waals surface area (Å²) >= 11 is 0. The number of hydrogen-bond acceptors (Lipinski definition) is 3. The maximum Gasteiger partial charge on any atom is 0.389 e. The first-order valence-electron chi connectivity index (χ1n) is 7.73. The number of alkyl halides is 3. The predicted octanol–water partition coefficient (Wildman–Crippen LogP) is 3.16. The molecule has 1 aliphatic heterocycles. The van der Waals surface area contributed by atoms with E-state index in [0.29, 0.717) is 38.8 Å². The molecule has 1 heterocycles. The summed E-state index contributed by atoms with van der Waals surface area (Å²) in [6, 6.07) is 0. The van der Waals surface area contributed by atoms with Crippen LogP contribution in [-0.2, 0) is 14.3 Å². The number of rotatable bonds is 3. The lowest BCUT2D eigenvalue weighted by atomic mass is 9.92. The second-order valence-corrected chi connectivity index (χ2v) is 5.63. The second kappa shape index (κ2) is 7.33. The number of ether oxygens (including phenoxy) is 1. The molecule has 0 aromatic heterocycles. The predicted molar refractivity (Wildman–Crippen MR) is 75.0 cm³/mol. The van der Waals surface area contributed by atoms with Gasteiger partial charge in [-0.1, -0.05) is 13.8 Å². The Morgan fingerprint density at radius 1 is 1.18 bits per heavy atom. The minimum atomic E-state index is -4.15. The summed E-state index contributed by atoms with van der Waals surface area (Å²) in [5.41, 5.74) is -1.05. The second-order valence-electron chi connectivity index (χ2n) is 5.63. The van der Waals surface area contributed by atoms with Gasteiger partial charge in [0.15, 0.2) is 0 Å². The van der Waals surface area contributed by atoms with Gasteiger partial charge < -0.3 is 9.64 Å². The fraction of sp³-hybridized carbons (Fsp3) is 0.867. The molecule has 1 aliphatic carbocycles. The van der Waals surface area contributed by atoms with Crippen LogP contribution < -0.4 is 0 Å². The van der Waals surface area contributed by atoms with Gasteiger partial charge in [-0.3, -0.25) is 9.59 Å². The molecular weight excluding hydrogens is 299 g/mol. The lowest BCUT2D eigenvalue weighted by Gasteiger charge is -2.34. The van der Waals surface area contributed by atoms with Gasteiger partial charge in [0.2, 0.25) is 5.91 Å². The van der Waals surface area contributed by atoms with Gasteiger partial charge in [-0.15, -0.1) is 0 Å². The average Bonchev–Trinajstić information content (AvgIpc) is 3.28. The zero-order valence-corrected chi connectivity index (χ0v) is 13.3. The Kier molecular flexibility index (Phi) is 6.26. The van der Waals surface area contributed by atoms with Crippen molar-refractivity contribution in [2.24, 2.45) is 11.3 Å². The molecule has 0 aromatic carbocycles. The van der Waals surface area contributed by atoms with E-state index in [1.807, 2.05) is 13.8 Å². The maximum absolute atomic E-state index is 12.3. The number of nitrogens with zero attached hydrogens (tertiary/aromatic N) is 1. The first-order valence-corrected chi connectivity index (χ1v) is 7.73. The number of methoxy groups -OCH3 is 1. The van der Waals surface area contributed by atoms with Gasteiger partial charge >= 0.3 is 12.1 Å². The van der Waals surface area contributed by atoms with Crippen LogP contribution in [0.15, 0.2) is 0 Å². The van der Waals surface area contributed by atoms with E-state index in [1.165, 1.54) is 12.0 Å². The summed E-state index contributed by atoms with van der Waals surface area (Å²) in [6.07, 6.45) is -3.33. The third kappa shape index (κ3) is 4.36. The van der Waals surface area contributed by atoms with Crippen LogP contribution in [0.25, 0.3) is 0 Å². The zero-order chi connectivity index (χ0) is 17.0. The third-order valence-electron chi connectivity index (χ3n) is 4.16. The van der Waals surface area contributed by atoms with Crippen molar-refractivity contribution in [1.82, 2.24) is 4.90 Å². The smallest absolute Gasteiger partial charge is 0.389 e. The standard InChI is InChI=1S/C13H18F3NO3.C2H6/c1-20-11(19)12(4-5-12)10(18)17-6-2-9(3-7-17)8-13(14,15)16;1-2/h9H,2-8H2,1H3;1-2H3. The molecule has 1 saturated heterocycles. The van der Waals surface area contributed by atoms with Gasteiger partial charge in [0, 0.05) is 19.5 Å². The minimum absolute atomic E-state index is 0.283. The summed E-state index contributed by atoms with van der Waals surface area (Å²) in [4.78, 5) is 25.4. The molecule has 0 atom stereocenters. The lowest BCUT2D eigenvalue weighted by Crippen LogP contribution is -2.45. The largest absolute Gasteiger partial charge is 0.468 e. The van der Waals surface area contributed by atoms with Crippen molar-refractivity contribution < 1.29 is 27.5 Å². The molecule has 22 heavy (non-hydrogen) atoms. The molecule has 1 amide bonds. The Bertz CT molecular complexity index is 397. The normalized spacial score (nSPS) is 20.7. The number of carbonyl (C=O) groups is 2. The number of hydrogen-bond donors (Lipinski definition) is 0. The fourth-order valence-corrected chi connectivity index (χ4v) is 2.80. The monoisotopic (exact) mass is 323 g/mol. The fourth-order valence-electron chi connectivity index (χ4n) is 2.80. The van der Waals surface area contributed by atoms with Crippen LogP contribution in [0.3, 0.4) is 0 Å². The van der Waals surface area contributed by atoms with Crippen LogP contribution in [-0.4, -0.2) is 43.2 Å². The number of carbonyl (C=O) groups excluding carboxylic acids is 2. The number of amides is 1. The van der Waals surface area contributed by atoms with Gasteiger partial charge in [-0.25, -0.2) is 0 Å². The first-order chi connectivity index (χ1) is 10.3. The summed E-state index contributed by atoms with van der Waals surface area (Å²) in [7, 11) is 1.24. The molecule has 1 saturated carbocycles. The van der Waals surface area contributed by atoms with E-state index >= 15 is 0 Å². The summed E-state index contributed by atoms with van der Waals surface area (Å²) < 4.78 is 41.6. The summed E-state index contributed by atoms with van der Waals surface area (Å²) in [5.74, 6) is -1.23. The van der Waals surface area contributed by atoms with Crippen LogP contribution in [0.2, 0.25) is 0 Å². The highest BCUT2D eigenvalue weighted by Gasteiger charge is 2.59. The third-order valence-corrected chi connectivity index (χ3v) is 4.16. The van der Waals surface area contributed by atoms with Crippen molar-refractivity contribution in [3.8, 4) is 0 Å². The Labute approximate surface area is 129 Å². The Hall–Kier alpha value is -1.27. The van der Waals surface area contributed by atoms with E-state index in [0.717, 1.165) is 0 Å². The number of piperidine rings is 1. The Morgan fingerprint density at radius 2 is 1.68 bits per heavy atom. The van der Waals surface area contributed by atoms with Gasteiger partial charge in [0.25, 0.3) is 0 Å². The van der Waals surface area contributed by atoms with Crippen LogP contribution in [0.1, 0.15) is 46.0 Å². The molecule has 0 radical (unpaired) electrons. The maximum atomic E-state index is 12.3. The van der Waals surface area contributed by atoms with E-state index in [1.54, 1.807) is 0 Å². The Balaban J connectivity index is 0.00000116. The summed E-state index contributed by atoms with van der Waals surface area (Å²) in [5, 5.41) is 0. The van der Waals surface area contributed by atoms with Crippen molar-refractivity contribution in [1.29, 1.82) is 0 Å². The highest BCUT2D eigenvalue weighted by Crippen LogP contribution is 2.48. The molecule has 0 spiro atoms. The van der Waals surface area contributed by atoms with Crippen molar-refractivity contribution >= 4 is 11.9 Å². The minimum Gasteiger partial charge on any atom is -0.468 e. The van der Waals surface area contributed by atoms with E-state index in [9.17, 15) is 22.8 Å². The van der Waals surface area contributed by atoms with Crippen LogP contribution in [0.4, 0.5) is 13.2 Å². The van der Waals surface area contributed by atoms with Crippen molar-refractivity contribution in [3.63, 3.8) is 0 Å². The molecule has 2 aliphatic rings. The zero-order valence-electron chi connectivity index (χ0n) is 13.3. The van der Waals surface area contributed by atoms with Crippen molar-refractivity contribution in [2.45, 2.75) is 52.1 Å². The molecule has 0 unspecified atom stereocenters. The van der Waals surface area contributed by atoms with E-state index in [2.05, 4.69) is 4.74 Å². The van der Waals surface area contributed by atoms with Crippen molar-refractivity contribution in [2.75, 3.05) is 20.2 Å². The molecule has 2 fully saturated rings. The molecular formula is C15H24F3NO3. The molecule has 2 rings (SSSR count). The quantitative estimate of drug-likeness (QED) is 0.592. The molecule has 0 aromatic rings. The van der Waals surface area contributed by atoms with E-state index in [4.69, 9.17) is 0 Å². The van der Waals surface area contributed by atoms with E-state index in [-0.39, 0.29) is 5.91 Å². The summed E-state index contributed by atoms with van der Waals surface area (Å²) in [6.45, 7) is 4.58. The SMILES string of the molecule is CC.COC(=O)C1(C(=O)N2CCC(CC(F)(F)F)CC2)CC1.